The van der Waals surface area contributed by atoms with E-state index >= 15 is 0 Å². The zero-order valence-corrected chi connectivity index (χ0v) is 11.8. The Kier molecular flexibility index (Phi) is 4.59. The molecule has 2 N–H and O–H groups in total. The average molecular weight is 261 g/mol. The van der Waals surface area contributed by atoms with Gasteiger partial charge in [0.1, 0.15) is 0 Å². The highest BCUT2D eigenvalue weighted by molar-refractivity contribution is 5.93. The smallest absolute Gasteiger partial charge is 0.227 e. The van der Waals surface area contributed by atoms with Crippen LogP contribution in [0.2, 0.25) is 0 Å². The van der Waals surface area contributed by atoms with Crippen LogP contribution in [0.25, 0.3) is 0 Å². The molecule has 104 valence electrons. The fraction of sp³-hybridized carbons (Fsp3) is 0.562. The van der Waals surface area contributed by atoms with Gasteiger partial charge in [-0.25, -0.2) is 0 Å². The third-order valence-electron chi connectivity index (χ3n) is 4.05. The summed E-state index contributed by atoms with van der Waals surface area (Å²) in [6.45, 7) is 4.20. The monoisotopic (exact) mass is 261 g/mol. The summed E-state index contributed by atoms with van der Waals surface area (Å²) in [5.41, 5.74) is 2.70. The summed E-state index contributed by atoms with van der Waals surface area (Å²) in [5.74, 6) is 0.917. The summed E-state index contributed by atoms with van der Waals surface area (Å²) in [6.07, 6.45) is 4.37. The normalized spacial score (nSPS) is 23.1. The molecule has 0 bridgehead atoms. The van der Waals surface area contributed by atoms with E-state index in [0.717, 1.165) is 36.1 Å². The van der Waals surface area contributed by atoms with Crippen molar-refractivity contribution in [2.24, 2.45) is 11.8 Å². The maximum atomic E-state index is 12.3. The SMILES string of the molecule is Cc1ccc(CO)cc1NC(=O)C1CCCC(C)C1. The molecule has 1 aromatic carbocycles. The zero-order chi connectivity index (χ0) is 13.8. The number of hydrogen-bond donors (Lipinski definition) is 2. The molecule has 1 aliphatic carbocycles. The lowest BCUT2D eigenvalue weighted by Crippen LogP contribution is -2.27. The van der Waals surface area contributed by atoms with Gasteiger partial charge < -0.3 is 10.4 Å². The summed E-state index contributed by atoms with van der Waals surface area (Å²) in [5, 5.41) is 12.2. The van der Waals surface area contributed by atoms with E-state index in [2.05, 4.69) is 12.2 Å². The molecule has 0 aliphatic heterocycles. The summed E-state index contributed by atoms with van der Waals surface area (Å²) >= 11 is 0. The van der Waals surface area contributed by atoms with Gasteiger partial charge >= 0.3 is 0 Å². The number of aliphatic hydroxyl groups is 1. The lowest BCUT2D eigenvalue weighted by molar-refractivity contribution is -0.121. The Morgan fingerprint density at radius 3 is 2.89 bits per heavy atom. The van der Waals surface area contributed by atoms with Crippen molar-refractivity contribution < 1.29 is 9.90 Å². The molecule has 19 heavy (non-hydrogen) atoms. The van der Waals surface area contributed by atoms with Crippen LogP contribution in [0.1, 0.15) is 43.7 Å². The van der Waals surface area contributed by atoms with Crippen molar-refractivity contribution in [3.8, 4) is 0 Å². The second-order valence-corrected chi connectivity index (χ2v) is 5.77. The molecule has 3 heteroatoms. The number of carbonyl (C=O) groups is 1. The Balaban J connectivity index is 2.05. The van der Waals surface area contributed by atoms with E-state index in [1.54, 1.807) is 0 Å². The van der Waals surface area contributed by atoms with Gasteiger partial charge in [-0.2, -0.15) is 0 Å². The van der Waals surface area contributed by atoms with E-state index in [1.807, 2.05) is 25.1 Å². The highest BCUT2D eigenvalue weighted by atomic mass is 16.3. The number of amides is 1. The topological polar surface area (TPSA) is 49.3 Å². The number of nitrogens with one attached hydrogen (secondary N) is 1. The first-order valence-electron chi connectivity index (χ1n) is 7.11. The minimum atomic E-state index is 0.00358. The van der Waals surface area contributed by atoms with Crippen molar-refractivity contribution in [2.75, 3.05) is 5.32 Å². The first kappa shape index (κ1) is 14.1. The number of aryl methyl sites for hydroxylation is 1. The van der Waals surface area contributed by atoms with Gasteiger partial charge in [-0.3, -0.25) is 4.79 Å². The van der Waals surface area contributed by atoms with Crippen LogP contribution in [0, 0.1) is 18.8 Å². The van der Waals surface area contributed by atoms with E-state index in [1.165, 1.54) is 6.42 Å². The molecular weight excluding hydrogens is 238 g/mol. The standard InChI is InChI=1S/C16H23NO2/c1-11-4-3-5-14(8-11)16(19)17-15-9-13(10-18)7-6-12(15)2/h6-7,9,11,14,18H,3-5,8,10H2,1-2H3,(H,17,19). The average Bonchev–Trinajstić information content (AvgIpc) is 2.41. The van der Waals surface area contributed by atoms with Gasteiger partial charge in [-0.1, -0.05) is 31.9 Å². The molecule has 0 saturated heterocycles. The van der Waals surface area contributed by atoms with Crippen LogP contribution in [0.5, 0.6) is 0 Å². The van der Waals surface area contributed by atoms with Crippen LogP contribution in [0.15, 0.2) is 18.2 Å². The lowest BCUT2D eigenvalue weighted by Gasteiger charge is -2.26. The number of hydrogen-bond acceptors (Lipinski definition) is 2. The number of anilines is 1. The van der Waals surface area contributed by atoms with E-state index in [4.69, 9.17) is 5.11 Å². The van der Waals surface area contributed by atoms with Crippen molar-refractivity contribution in [3.63, 3.8) is 0 Å². The molecule has 0 spiro atoms. The second-order valence-electron chi connectivity index (χ2n) is 5.77. The van der Waals surface area contributed by atoms with Crippen LogP contribution < -0.4 is 5.32 Å². The molecule has 1 amide bonds. The van der Waals surface area contributed by atoms with E-state index in [0.29, 0.717) is 5.92 Å². The molecule has 0 heterocycles. The summed E-state index contributed by atoms with van der Waals surface area (Å²) in [6, 6.07) is 5.68. The summed E-state index contributed by atoms with van der Waals surface area (Å²) in [4.78, 5) is 12.3. The predicted octanol–water partition coefficient (Wildman–Crippen LogP) is 3.25. The highest BCUT2D eigenvalue weighted by Gasteiger charge is 2.25. The van der Waals surface area contributed by atoms with Gasteiger partial charge in [-0.15, -0.1) is 0 Å². The van der Waals surface area contributed by atoms with Crippen LogP contribution >= 0.6 is 0 Å². The maximum absolute atomic E-state index is 12.3. The molecule has 2 unspecified atom stereocenters. The number of benzene rings is 1. The predicted molar refractivity (Wildman–Crippen MR) is 76.9 cm³/mol. The Morgan fingerprint density at radius 2 is 2.21 bits per heavy atom. The van der Waals surface area contributed by atoms with Gasteiger partial charge in [0, 0.05) is 11.6 Å². The van der Waals surface area contributed by atoms with Crippen LogP contribution in [0.3, 0.4) is 0 Å². The molecule has 0 aromatic heterocycles. The summed E-state index contributed by atoms with van der Waals surface area (Å²) < 4.78 is 0. The Labute approximate surface area is 115 Å². The number of aliphatic hydroxyl groups excluding tert-OH is 1. The van der Waals surface area contributed by atoms with Crippen molar-refractivity contribution in [2.45, 2.75) is 46.1 Å². The largest absolute Gasteiger partial charge is 0.392 e. The molecule has 1 saturated carbocycles. The fourth-order valence-corrected chi connectivity index (χ4v) is 2.81. The van der Waals surface area contributed by atoms with Crippen molar-refractivity contribution in [1.82, 2.24) is 0 Å². The molecule has 1 aliphatic rings. The Morgan fingerprint density at radius 1 is 1.42 bits per heavy atom. The first-order chi connectivity index (χ1) is 9.10. The zero-order valence-electron chi connectivity index (χ0n) is 11.8. The van der Waals surface area contributed by atoms with Gasteiger partial charge in [0.05, 0.1) is 6.61 Å². The molecular formula is C16H23NO2. The fourth-order valence-electron chi connectivity index (χ4n) is 2.81. The molecule has 0 radical (unpaired) electrons. The van der Waals surface area contributed by atoms with Gasteiger partial charge in [0.2, 0.25) is 5.91 Å². The van der Waals surface area contributed by atoms with Crippen molar-refractivity contribution >= 4 is 11.6 Å². The minimum Gasteiger partial charge on any atom is -0.392 e. The third kappa shape index (κ3) is 3.57. The van der Waals surface area contributed by atoms with Gasteiger partial charge in [0.25, 0.3) is 0 Å². The highest BCUT2D eigenvalue weighted by Crippen LogP contribution is 2.30. The lowest BCUT2D eigenvalue weighted by atomic mass is 9.82. The Hall–Kier alpha value is -1.35. The van der Waals surface area contributed by atoms with Gasteiger partial charge in [-0.05, 0) is 42.9 Å². The van der Waals surface area contributed by atoms with Crippen LogP contribution in [-0.2, 0) is 11.4 Å². The molecule has 1 fully saturated rings. The minimum absolute atomic E-state index is 0.00358. The molecule has 2 rings (SSSR count). The van der Waals surface area contributed by atoms with Crippen LogP contribution in [-0.4, -0.2) is 11.0 Å². The third-order valence-corrected chi connectivity index (χ3v) is 4.05. The number of rotatable bonds is 3. The molecule has 3 nitrogen and oxygen atoms in total. The van der Waals surface area contributed by atoms with E-state index in [9.17, 15) is 4.79 Å². The van der Waals surface area contributed by atoms with E-state index < -0.39 is 0 Å². The number of carbonyl (C=O) groups excluding carboxylic acids is 1. The summed E-state index contributed by atoms with van der Waals surface area (Å²) in [7, 11) is 0. The first-order valence-corrected chi connectivity index (χ1v) is 7.11. The maximum Gasteiger partial charge on any atom is 0.227 e. The quantitative estimate of drug-likeness (QED) is 0.877. The molecule has 2 atom stereocenters. The van der Waals surface area contributed by atoms with Crippen molar-refractivity contribution in [3.05, 3.63) is 29.3 Å². The Bertz CT molecular complexity index is 456. The second kappa shape index (κ2) is 6.20. The van der Waals surface area contributed by atoms with Crippen LogP contribution in [0.4, 0.5) is 5.69 Å². The molecule has 1 aromatic rings. The van der Waals surface area contributed by atoms with E-state index in [-0.39, 0.29) is 18.4 Å². The van der Waals surface area contributed by atoms with Crippen molar-refractivity contribution in [1.29, 1.82) is 0 Å². The van der Waals surface area contributed by atoms with Gasteiger partial charge in [0.15, 0.2) is 0 Å².